The van der Waals surface area contributed by atoms with Crippen LogP contribution in [-0.4, -0.2) is 28.8 Å². The average molecular weight is 353 g/mol. The van der Waals surface area contributed by atoms with E-state index in [-0.39, 0.29) is 18.3 Å². The molecular formula is C15H21ClN6O2. The summed E-state index contributed by atoms with van der Waals surface area (Å²) in [6.07, 6.45) is 3.45. The molecule has 0 fully saturated rings. The number of urea groups is 1. The molecule has 0 bridgehead atoms. The maximum Gasteiger partial charge on any atom is 0.316 e. The average Bonchev–Trinajstić information content (AvgIpc) is 2.93. The van der Waals surface area contributed by atoms with Crippen LogP contribution in [0.4, 0.5) is 10.5 Å². The van der Waals surface area contributed by atoms with Crippen LogP contribution in [-0.2, 0) is 18.4 Å². The van der Waals surface area contributed by atoms with Gasteiger partial charge in [0.1, 0.15) is 6.04 Å². The van der Waals surface area contributed by atoms with E-state index in [4.69, 9.17) is 5.73 Å². The first-order valence-electron chi connectivity index (χ1n) is 7.08. The van der Waals surface area contributed by atoms with Crippen LogP contribution in [0.1, 0.15) is 17.2 Å². The number of anilines is 1. The zero-order valence-corrected chi connectivity index (χ0v) is 14.3. The van der Waals surface area contributed by atoms with Crippen LogP contribution < -0.4 is 21.7 Å². The van der Waals surface area contributed by atoms with Crippen molar-refractivity contribution in [3.63, 3.8) is 0 Å². The molecule has 130 valence electrons. The van der Waals surface area contributed by atoms with E-state index in [1.165, 1.54) is 0 Å². The van der Waals surface area contributed by atoms with Crippen LogP contribution in [0.2, 0.25) is 0 Å². The summed E-state index contributed by atoms with van der Waals surface area (Å²) in [5.41, 5.74) is 7.36. The number of aryl methyl sites for hydroxylation is 1. The molecule has 0 aliphatic rings. The second-order valence-electron chi connectivity index (χ2n) is 5.07. The van der Waals surface area contributed by atoms with E-state index in [2.05, 4.69) is 21.0 Å². The van der Waals surface area contributed by atoms with Crippen molar-refractivity contribution < 1.29 is 9.59 Å². The number of carbonyl (C=O) groups is 2. The van der Waals surface area contributed by atoms with Crippen LogP contribution in [0.3, 0.4) is 0 Å². The number of primary amides is 1. The molecule has 3 amide bonds. The Morgan fingerprint density at radius 1 is 1.29 bits per heavy atom. The molecule has 0 saturated heterocycles. The second-order valence-corrected chi connectivity index (χ2v) is 5.07. The smallest absolute Gasteiger partial charge is 0.316 e. The molecule has 1 atom stereocenters. The SMILES string of the molecule is CNC(C(=O)NCc1ccc(NC(N)=O)cc1)c1cnn(C)c1.Cl. The Balaban J connectivity index is 0.00000288. The topological polar surface area (TPSA) is 114 Å². The Bertz CT molecular complexity index is 686. The second kappa shape index (κ2) is 8.90. The van der Waals surface area contributed by atoms with Crippen molar-refractivity contribution in [2.45, 2.75) is 12.6 Å². The van der Waals surface area contributed by atoms with E-state index in [1.54, 1.807) is 43.3 Å². The zero-order chi connectivity index (χ0) is 16.8. The maximum absolute atomic E-state index is 12.3. The predicted octanol–water partition coefficient (Wildman–Crippen LogP) is 0.909. The number of amides is 3. The van der Waals surface area contributed by atoms with Crippen molar-refractivity contribution in [2.75, 3.05) is 12.4 Å². The lowest BCUT2D eigenvalue weighted by molar-refractivity contribution is -0.123. The van der Waals surface area contributed by atoms with Gasteiger partial charge in [-0.05, 0) is 24.7 Å². The minimum absolute atomic E-state index is 0. The molecule has 8 nitrogen and oxygen atoms in total. The molecule has 0 aliphatic heterocycles. The summed E-state index contributed by atoms with van der Waals surface area (Å²) in [6.45, 7) is 0.383. The fourth-order valence-corrected chi connectivity index (χ4v) is 2.18. The van der Waals surface area contributed by atoms with E-state index in [0.29, 0.717) is 12.2 Å². The van der Waals surface area contributed by atoms with Crippen molar-refractivity contribution in [1.82, 2.24) is 20.4 Å². The Labute approximate surface area is 146 Å². The Hall–Kier alpha value is -2.58. The number of likely N-dealkylation sites (N-methyl/N-ethyl adjacent to an activating group) is 1. The van der Waals surface area contributed by atoms with Gasteiger partial charge in [0, 0.05) is 31.0 Å². The Morgan fingerprint density at radius 3 is 2.46 bits per heavy atom. The number of benzene rings is 1. The van der Waals surface area contributed by atoms with Crippen LogP contribution >= 0.6 is 12.4 Å². The molecule has 24 heavy (non-hydrogen) atoms. The molecule has 2 aromatic rings. The molecule has 0 saturated carbocycles. The van der Waals surface area contributed by atoms with Crippen LogP contribution in [0.25, 0.3) is 0 Å². The van der Waals surface area contributed by atoms with E-state index in [9.17, 15) is 9.59 Å². The Morgan fingerprint density at radius 2 is 1.96 bits per heavy atom. The van der Waals surface area contributed by atoms with Gasteiger partial charge in [0.05, 0.1) is 6.20 Å². The number of nitrogens with two attached hydrogens (primary N) is 1. The summed E-state index contributed by atoms with van der Waals surface area (Å²) in [5.74, 6) is -0.139. The highest BCUT2D eigenvalue weighted by Gasteiger charge is 2.19. The summed E-state index contributed by atoms with van der Waals surface area (Å²) >= 11 is 0. The molecule has 1 unspecified atom stereocenters. The number of nitrogens with zero attached hydrogens (tertiary/aromatic N) is 2. The van der Waals surface area contributed by atoms with Gasteiger partial charge < -0.3 is 21.7 Å². The van der Waals surface area contributed by atoms with Crippen molar-refractivity contribution in [1.29, 1.82) is 0 Å². The molecule has 9 heteroatoms. The number of rotatable bonds is 6. The lowest BCUT2D eigenvalue weighted by Crippen LogP contribution is -2.35. The molecule has 5 N–H and O–H groups in total. The summed E-state index contributed by atoms with van der Waals surface area (Å²) in [5, 5.41) is 12.4. The largest absolute Gasteiger partial charge is 0.351 e. The quantitative estimate of drug-likeness (QED) is 0.618. The van der Waals surface area contributed by atoms with Crippen LogP contribution in [0, 0.1) is 0 Å². The number of carbonyl (C=O) groups excluding carboxylic acids is 2. The van der Waals surface area contributed by atoms with Gasteiger partial charge in [0.15, 0.2) is 0 Å². The van der Waals surface area contributed by atoms with Crippen molar-refractivity contribution in [2.24, 2.45) is 12.8 Å². The monoisotopic (exact) mass is 352 g/mol. The first kappa shape index (κ1) is 19.5. The summed E-state index contributed by atoms with van der Waals surface area (Å²) < 4.78 is 1.65. The third kappa shape index (κ3) is 5.25. The third-order valence-corrected chi connectivity index (χ3v) is 3.30. The first-order valence-corrected chi connectivity index (χ1v) is 7.08. The van der Waals surface area contributed by atoms with Gasteiger partial charge in [0.2, 0.25) is 5.91 Å². The molecule has 1 aromatic heterocycles. The van der Waals surface area contributed by atoms with Gasteiger partial charge in [-0.1, -0.05) is 12.1 Å². The lowest BCUT2D eigenvalue weighted by Gasteiger charge is -2.14. The van der Waals surface area contributed by atoms with Gasteiger partial charge in [-0.15, -0.1) is 12.4 Å². The van der Waals surface area contributed by atoms with Crippen molar-refractivity contribution >= 4 is 30.0 Å². The number of nitrogens with one attached hydrogen (secondary N) is 3. The highest BCUT2D eigenvalue weighted by Crippen LogP contribution is 2.12. The minimum atomic E-state index is -0.612. The van der Waals surface area contributed by atoms with E-state index < -0.39 is 12.1 Å². The molecule has 2 rings (SSSR count). The van der Waals surface area contributed by atoms with Gasteiger partial charge >= 0.3 is 6.03 Å². The minimum Gasteiger partial charge on any atom is -0.351 e. The number of halogens is 1. The summed E-state index contributed by atoms with van der Waals surface area (Å²) in [4.78, 5) is 23.0. The van der Waals surface area contributed by atoms with E-state index in [1.807, 2.05) is 12.1 Å². The molecule has 1 aromatic carbocycles. The van der Waals surface area contributed by atoms with Gasteiger partial charge in [0.25, 0.3) is 0 Å². The van der Waals surface area contributed by atoms with Gasteiger partial charge in [-0.2, -0.15) is 5.10 Å². The van der Waals surface area contributed by atoms with E-state index >= 15 is 0 Å². The lowest BCUT2D eigenvalue weighted by atomic mass is 10.1. The van der Waals surface area contributed by atoms with Gasteiger partial charge in [-0.3, -0.25) is 9.48 Å². The molecule has 0 radical (unpaired) electrons. The summed E-state index contributed by atoms with van der Waals surface area (Å²) in [6, 6.07) is 6.00. The fraction of sp³-hybridized carbons (Fsp3) is 0.267. The molecule has 0 aliphatic carbocycles. The highest BCUT2D eigenvalue weighted by atomic mass is 35.5. The molecule has 1 heterocycles. The highest BCUT2D eigenvalue weighted by molar-refractivity contribution is 5.87. The fourth-order valence-electron chi connectivity index (χ4n) is 2.18. The molecular weight excluding hydrogens is 332 g/mol. The summed E-state index contributed by atoms with van der Waals surface area (Å²) in [7, 11) is 3.53. The van der Waals surface area contributed by atoms with Crippen molar-refractivity contribution in [3.8, 4) is 0 Å². The predicted molar refractivity (Wildman–Crippen MR) is 93.8 cm³/mol. The van der Waals surface area contributed by atoms with Gasteiger partial charge in [-0.25, -0.2) is 4.79 Å². The number of hydrogen-bond acceptors (Lipinski definition) is 4. The normalized spacial score (nSPS) is 11.2. The first-order chi connectivity index (χ1) is 11.0. The van der Waals surface area contributed by atoms with Crippen LogP contribution in [0.15, 0.2) is 36.7 Å². The zero-order valence-electron chi connectivity index (χ0n) is 13.4. The van der Waals surface area contributed by atoms with E-state index in [0.717, 1.165) is 11.1 Å². The number of hydrogen-bond donors (Lipinski definition) is 4. The molecule has 0 spiro atoms. The standard InChI is InChI=1S/C15H20N6O2.ClH/c1-17-13(11-8-19-21(2)9-11)14(22)18-7-10-3-5-12(6-4-10)20-15(16)23;/h3-6,8-9,13,17H,7H2,1-2H3,(H,18,22)(H3,16,20,23);1H. The maximum atomic E-state index is 12.3. The third-order valence-electron chi connectivity index (χ3n) is 3.30. The Kier molecular flexibility index (Phi) is 7.22. The van der Waals surface area contributed by atoms with Crippen molar-refractivity contribution in [3.05, 3.63) is 47.8 Å². The number of aromatic nitrogens is 2. The van der Waals surface area contributed by atoms with Crippen LogP contribution in [0.5, 0.6) is 0 Å².